The Morgan fingerprint density at radius 2 is 1.88 bits per heavy atom. The highest BCUT2D eigenvalue weighted by Crippen LogP contribution is 2.47. The van der Waals surface area contributed by atoms with Crippen LogP contribution < -0.4 is 4.90 Å². The summed E-state index contributed by atoms with van der Waals surface area (Å²) in [6, 6.07) is 0. The van der Waals surface area contributed by atoms with Gasteiger partial charge < -0.3 is 4.90 Å². The van der Waals surface area contributed by atoms with E-state index < -0.39 is 0 Å². The van der Waals surface area contributed by atoms with Crippen LogP contribution in [0, 0.1) is 0 Å². The van der Waals surface area contributed by atoms with Gasteiger partial charge in [0.05, 0.1) is 34.0 Å². The monoisotopic (exact) mass is 359 g/mol. The van der Waals surface area contributed by atoms with Gasteiger partial charge in [-0.15, -0.1) is 0 Å². The van der Waals surface area contributed by atoms with Gasteiger partial charge in [0.2, 0.25) is 0 Å². The summed E-state index contributed by atoms with van der Waals surface area (Å²) in [7, 11) is 0. The van der Waals surface area contributed by atoms with Crippen LogP contribution in [-0.2, 0) is 5.41 Å². The first-order valence-electron chi connectivity index (χ1n) is 9.00. The lowest BCUT2D eigenvalue weighted by Gasteiger charge is -2.24. The highest BCUT2D eigenvalue weighted by Gasteiger charge is 2.47. The summed E-state index contributed by atoms with van der Waals surface area (Å²) in [5.41, 5.74) is 2.35. The molecule has 0 radical (unpaired) electrons. The van der Waals surface area contributed by atoms with Crippen LogP contribution in [0.2, 0.25) is 0 Å². The van der Waals surface area contributed by atoms with Crippen LogP contribution in [0.3, 0.4) is 0 Å². The molecule has 1 aliphatic carbocycles. The molecule has 4 heterocycles. The van der Waals surface area contributed by atoms with Gasteiger partial charge in [-0.3, -0.25) is 4.58 Å². The molecule has 0 spiro atoms. The fraction of sp³-hybridized carbons (Fsp3) is 0.611. The second-order valence-corrected chi connectivity index (χ2v) is 9.59. The maximum atomic E-state index is 5.06. The Balaban J connectivity index is 1.56. The van der Waals surface area contributed by atoms with Gasteiger partial charge in [0.15, 0.2) is 10.8 Å². The van der Waals surface area contributed by atoms with E-state index in [0.717, 1.165) is 26.2 Å². The Hall–Kier alpha value is -1.14. The lowest BCUT2D eigenvalue weighted by Crippen LogP contribution is -2.32. The Kier molecular flexibility index (Phi) is 3.42. The van der Waals surface area contributed by atoms with E-state index >= 15 is 0 Å². The molecule has 126 valence electrons. The minimum Gasteiger partial charge on any atom is -0.348 e. The van der Waals surface area contributed by atoms with Crippen molar-refractivity contribution in [2.24, 2.45) is 4.99 Å². The van der Waals surface area contributed by atoms with Crippen LogP contribution in [0.15, 0.2) is 9.90 Å². The quantitative estimate of drug-likeness (QED) is 0.716. The molecule has 0 aromatic carbocycles. The molecular weight excluding hydrogens is 336 g/mol. The minimum atomic E-state index is -0.0949. The number of allylic oxidation sites excluding steroid dienone is 1. The highest BCUT2D eigenvalue weighted by molar-refractivity contribution is 8.18. The molecule has 0 amide bonds. The molecule has 6 heteroatoms. The molecular formula is C18H23N4S2+. The molecule has 0 N–H and O–H groups in total. The van der Waals surface area contributed by atoms with Crippen molar-refractivity contribution < 1.29 is 4.58 Å². The van der Waals surface area contributed by atoms with E-state index in [0.29, 0.717) is 0 Å². The molecule has 4 nitrogen and oxygen atoms in total. The molecule has 0 saturated carbocycles. The molecule has 2 fully saturated rings. The number of rotatable bonds is 1. The van der Waals surface area contributed by atoms with Crippen molar-refractivity contribution in [1.29, 1.82) is 0 Å². The average Bonchev–Trinajstić information content (AvgIpc) is 3.33. The number of nitrogens with zero attached hydrogens (tertiary/aromatic N) is 4. The summed E-state index contributed by atoms with van der Waals surface area (Å²) < 4.78 is 2.45. The van der Waals surface area contributed by atoms with Crippen molar-refractivity contribution in [3.05, 3.63) is 15.5 Å². The summed E-state index contributed by atoms with van der Waals surface area (Å²) >= 11 is 3.73. The molecule has 24 heavy (non-hydrogen) atoms. The Morgan fingerprint density at radius 3 is 2.62 bits per heavy atom. The van der Waals surface area contributed by atoms with E-state index in [4.69, 9.17) is 9.98 Å². The third kappa shape index (κ3) is 2.22. The van der Waals surface area contributed by atoms with Crippen molar-refractivity contribution >= 4 is 45.2 Å². The number of thioether (sulfide) groups is 1. The van der Waals surface area contributed by atoms with Gasteiger partial charge in [-0.2, -0.15) is 0 Å². The fourth-order valence-electron chi connectivity index (χ4n) is 4.05. The van der Waals surface area contributed by atoms with Gasteiger partial charge in [0.1, 0.15) is 0 Å². The second-order valence-electron chi connectivity index (χ2n) is 7.58. The van der Waals surface area contributed by atoms with Crippen molar-refractivity contribution in [1.82, 2.24) is 4.98 Å². The molecule has 0 atom stereocenters. The van der Waals surface area contributed by atoms with E-state index in [9.17, 15) is 0 Å². The number of hydrogen-bond donors (Lipinski definition) is 0. The van der Waals surface area contributed by atoms with Gasteiger partial charge in [-0.1, -0.05) is 11.3 Å². The van der Waals surface area contributed by atoms with Crippen molar-refractivity contribution in [2.75, 3.05) is 31.1 Å². The SMILES string of the molecule is CC1(C)C2=NC(=[N+]3CCCC3)SC2=Cc2sc(N3CCCC3)nc21. The van der Waals surface area contributed by atoms with Gasteiger partial charge in [0, 0.05) is 24.9 Å². The largest absolute Gasteiger partial charge is 0.359 e. The Bertz CT molecular complexity index is 786. The van der Waals surface area contributed by atoms with Crippen molar-refractivity contribution in [3.8, 4) is 0 Å². The van der Waals surface area contributed by atoms with Crippen LogP contribution >= 0.6 is 23.1 Å². The summed E-state index contributed by atoms with van der Waals surface area (Å²) in [4.78, 5) is 15.2. The average molecular weight is 360 g/mol. The first-order valence-corrected chi connectivity index (χ1v) is 10.6. The number of anilines is 1. The number of thiazole rings is 1. The highest BCUT2D eigenvalue weighted by atomic mass is 32.2. The molecule has 0 bridgehead atoms. The van der Waals surface area contributed by atoms with E-state index in [-0.39, 0.29) is 5.41 Å². The van der Waals surface area contributed by atoms with E-state index in [1.54, 1.807) is 0 Å². The normalized spacial score (nSPS) is 25.0. The first-order chi connectivity index (χ1) is 11.6. The zero-order valence-electron chi connectivity index (χ0n) is 14.3. The molecule has 5 rings (SSSR count). The fourth-order valence-corrected chi connectivity index (χ4v) is 6.56. The minimum absolute atomic E-state index is 0.0949. The summed E-state index contributed by atoms with van der Waals surface area (Å²) in [6.07, 6.45) is 7.53. The predicted molar refractivity (Wildman–Crippen MR) is 104 cm³/mol. The molecule has 4 aliphatic rings. The van der Waals surface area contributed by atoms with E-state index in [1.165, 1.54) is 57.2 Å². The molecule has 0 unspecified atom stereocenters. The Labute approximate surface area is 151 Å². The molecule has 1 aromatic rings. The van der Waals surface area contributed by atoms with Crippen molar-refractivity contribution in [3.63, 3.8) is 0 Å². The standard InChI is InChI=1S/C18H23N4S2/c1-18(2)14-12(23-16(19-14)21-7-3-4-8-21)11-13-15(18)20-17(24-13)22-9-5-6-10-22/h11H,3-10H2,1-2H3/q+1. The van der Waals surface area contributed by atoms with Gasteiger partial charge in [-0.25, -0.2) is 4.98 Å². The third-order valence-electron chi connectivity index (χ3n) is 5.48. The zero-order valence-corrected chi connectivity index (χ0v) is 16.0. The van der Waals surface area contributed by atoms with E-state index in [1.807, 2.05) is 23.1 Å². The summed E-state index contributed by atoms with van der Waals surface area (Å²) in [5, 5.41) is 2.41. The summed E-state index contributed by atoms with van der Waals surface area (Å²) in [6.45, 7) is 9.22. The predicted octanol–water partition coefficient (Wildman–Crippen LogP) is 3.73. The smallest absolute Gasteiger partial charge is 0.348 e. The third-order valence-corrected chi connectivity index (χ3v) is 7.61. The first kappa shape index (κ1) is 15.1. The molecule has 1 aromatic heterocycles. The maximum absolute atomic E-state index is 5.06. The lowest BCUT2D eigenvalue weighted by atomic mass is 9.80. The van der Waals surface area contributed by atoms with Gasteiger partial charge in [-0.05, 0) is 50.6 Å². The van der Waals surface area contributed by atoms with Crippen LogP contribution in [0.4, 0.5) is 5.13 Å². The maximum Gasteiger partial charge on any atom is 0.359 e. The van der Waals surface area contributed by atoms with Crippen LogP contribution in [0.5, 0.6) is 0 Å². The van der Waals surface area contributed by atoms with Gasteiger partial charge >= 0.3 is 5.17 Å². The number of aliphatic imine (C=N–C) groups is 1. The number of aromatic nitrogens is 1. The van der Waals surface area contributed by atoms with Gasteiger partial charge in [0.25, 0.3) is 0 Å². The second kappa shape index (κ2) is 5.43. The zero-order chi connectivity index (χ0) is 16.3. The summed E-state index contributed by atoms with van der Waals surface area (Å²) in [5.74, 6) is 0. The number of amidine groups is 1. The number of fused-ring (bicyclic) bond motifs is 2. The van der Waals surface area contributed by atoms with Crippen LogP contribution in [-0.4, -0.2) is 46.6 Å². The lowest BCUT2D eigenvalue weighted by molar-refractivity contribution is -0.503. The number of hydrogen-bond acceptors (Lipinski definition) is 4. The molecule has 3 aliphatic heterocycles. The topological polar surface area (TPSA) is 31.5 Å². The Morgan fingerprint density at radius 1 is 1.12 bits per heavy atom. The van der Waals surface area contributed by atoms with Crippen LogP contribution in [0.25, 0.3) is 6.08 Å². The van der Waals surface area contributed by atoms with E-state index in [2.05, 4.69) is 29.4 Å². The van der Waals surface area contributed by atoms with Crippen molar-refractivity contribution in [2.45, 2.75) is 44.9 Å². The van der Waals surface area contributed by atoms with Crippen LogP contribution in [0.1, 0.15) is 50.1 Å². The molecule has 2 saturated heterocycles.